The lowest BCUT2D eigenvalue weighted by Crippen LogP contribution is -2.25. The van der Waals surface area contributed by atoms with Crippen molar-refractivity contribution in [2.24, 2.45) is 0 Å². The van der Waals surface area contributed by atoms with E-state index in [0.717, 1.165) is 11.3 Å². The summed E-state index contributed by atoms with van der Waals surface area (Å²) in [7, 11) is 2.09. The van der Waals surface area contributed by atoms with Gasteiger partial charge in [-0.1, -0.05) is 57.2 Å². The first-order chi connectivity index (χ1) is 7.98. The lowest BCUT2D eigenvalue weighted by molar-refractivity contribution is 0.592. The fraction of sp³-hybridized carbons (Fsp3) is 0.267. The number of hydrogen-bond acceptors (Lipinski definition) is 1. The van der Waals surface area contributed by atoms with E-state index >= 15 is 0 Å². The summed E-state index contributed by atoms with van der Waals surface area (Å²) >= 11 is 0. The molecule has 1 nitrogen and oxygen atoms in total. The highest BCUT2D eigenvalue weighted by Crippen LogP contribution is 2.22. The predicted molar refractivity (Wildman–Crippen MR) is 76.6 cm³/mol. The second-order valence-electron chi connectivity index (χ2n) is 5.45. The van der Waals surface area contributed by atoms with Gasteiger partial charge in [-0.05, 0) is 22.6 Å². The van der Waals surface area contributed by atoms with Crippen molar-refractivity contribution in [3.8, 4) is 11.3 Å². The Morgan fingerprint density at radius 2 is 1.59 bits per heavy atom. The van der Waals surface area contributed by atoms with Crippen molar-refractivity contribution in [1.29, 1.82) is 0 Å². The van der Waals surface area contributed by atoms with Crippen molar-refractivity contribution >= 4 is 13.4 Å². The Balaban J connectivity index is 2.45. The quantitative estimate of drug-likeness (QED) is 0.676. The van der Waals surface area contributed by atoms with Crippen LogP contribution in [0.4, 0.5) is 0 Å². The molecule has 0 N–H and O–H groups in total. The lowest BCUT2D eigenvalue weighted by atomic mass is 9.80. The van der Waals surface area contributed by atoms with E-state index in [-0.39, 0.29) is 5.41 Å². The molecule has 0 bridgehead atoms. The second kappa shape index (κ2) is 4.36. The second-order valence-corrected chi connectivity index (χ2v) is 5.45. The van der Waals surface area contributed by atoms with Gasteiger partial charge in [-0.3, -0.25) is 4.98 Å². The van der Waals surface area contributed by atoms with Crippen LogP contribution in [0.25, 0.3) is 11.3 Å². The van der Waals surface area contributed by atoms with Crippen LogP contribution in [-0.4, -0.2) is 12.8 Å². The normalized spacial score (nSPS) is 11.5. The third-order valence-corrected chi connectivity index (χ3v) is 2.96. The number of hydrogen-bond donors (Lipinski definition) is 0. The third-order valence-electron chi connectivity index (χ3n) is 2.96. The van der Waals surface area contributed by atoms with Gasteiger partial charge in [0, 0.05) is 5.56 Å². The van der Waals surface area contributed by atoms with Gasteiger partial charge in [0.1, 0.15) is 0 Å². The molecular formula is C15H18BN. The van der Waals surface area contributed by atoms with Crippen molar-refractivity contribution in [1.82, 2.24) is 4.98 Å². The Bertz CT molecular complexity index is 512. The summed E-state index contributed by atoms with van der Waals surface area (Å²) in [5, 5.41) is 0. The summed E-state index contributed by atoms with van der Waals surface area (Å²) in [6.45, 7) is 6.66. The maximum atomic E-state index is 4.71. The molecule has 0 spiro atoms. The van der Waals surface area contributed by atoms with Crippen molar-refractivity contribution in [2.45, 2.75) is 26.2 Å². The molecule has 1 aromatic carbocycles. The zero-order valence-electron chi connectivity index (χ0n) is 11.0. The molecule has 1 heterocycles. The molecule has 0 saturated carbocycles. The molecule has 0 fully saturated rings. The summed E-state index contributed by atoms with van der Waals surface area (Å²) in [6.07, 6.45) is 0. The van der Waals surface area contributed by atoms with Gasteiger partial charge in [0.15, 0.2) is 7.85 Å². The van der Waals surface area contributed by atoms with Gasteiger partial charge in [0.05, 0.1) is 5.69 Å². The van der Waals surface area contributed by atoms with Crippen LogP contribution in [0.1, 0.15) is 26.3 Å². The van der Waals surface area contributed by atoms with Gasteiger partial charge in [-0.15, -0.1) is 0 Å². The monoisotopic (exact) mass is 223 g/mol. The maximum Gasteiger partial charge on any atom is 0.164 e. The molecule has 0 amide bonds. The Kier molecular flexibility index (Phi) is 3.06. The standard InChI is InChI=1S/C15H18BN/c1-15(2,3)12-9-10-13(17-14(12)16)11-7-5-4-6-8-11/h4-10H,16H2,1-3H3. The first-order valence-corrected chi connectivity index (χ1v) is 6.02. The minimum Gasteiger partial charge on any atom is -0.263 e. The Hall–Kier alpha value is -1.57. The molecule has 0 atom stereocenters. The highest BCUT2D eigenvalue weighted by molar-refractivity contribution is 6.32. The van der Waals surface area contributed by atoms with E-state index in [1.165, 1.54) is 11.1 Å². The number of benzene rings is 1. The average molecular weight is 223 g/mol. The number of aromatic nitrogens is 1. The summed E-state index contributed by atoms with van der Waals surface area (Å²) < 4.78 is 0. The van der Waals surface area contributed by atoms with Crippen LogP contribution < -0.4 is 5.59 Å². The molecule has 2 aromatic rings. The smallest absolute Gasteiger partial charge is 0.164 e. The molecule has 17 heavy (non-hydrogen) atoms. The Labute approximate surface area is 104 Å². The molecule has 0 unspecified atom stereocenters. The zero-order chi connectivity index (χ0) is 12.5. The average Bonchev–Trinajstić information content (AvgIpc) is 2.28. The maximum absolute atomic E-state index is 4.71. The minimum atomic E-state index is 0.159. The van der Waals surface area contributed by atoms with Crippen molar-refractivity contribution in [2.75, 3.05) is 0 Å². The van der Waals surface area contributed by atoms with E-state index in [0.29, 0.717) is 0 Å². The van der Waals surface area contributed by atoms with Crippen molar-refractivity contribution < 1.29 is 0 Å². The first kappa shape index (κ1) is 11.9. The summed E-state index contributed by atoms with van der Waals surface area (Å²) in [5.74, 6) is 0. The molecule has 0 radical (unpaired) electrons. The van der Waals surface area contributed by atoms with Gasteiger partial charge in [0.25, 0.3) is 0 Å². The van der Waals surface area contributed by atoms with Gasteiger partial charge in [-0.25, -0.2) is 0 Å². The highest BCUT2D eigenvalue weighted by atomic mass is 14.7. The van der Waals surface area contributed by atoms with Crippen LogP contribution in [0.3, 0.4) is 0 Å². The SMILES string of the molecule is Bc1nc(-c2ccccc2)ccc1C(C)(C)C. The van der Waals surface area contributed by atoms with Crippen LogP contribution in [0.5, 0.6) is 0 Å². The minimum absolute atomic E-state index is 0.159. The molecule has 2 rings (SSSR count). The molecule has 0 aliphatic heterocycles. The zero-order valence-corrected chi connectivity index (χ0v) is 11.0. The Morgan fingerprint density at radius 1 is 0.941 bits per heavy atom. The van der Waals surface area contributed by atoms with Crippen LogP contribution >= 0.6 is 0 Å². The molecule has 0 saturated heterocycles. The fourth-order valence-electron chi connectivity index (χ4n) is 2.12. The third kappa shape index (κ3) is 2.58. The number of rotatable bonds is 1. The van der Waals surface area contributed by atoms with E-state index in [1.54, 1.807) is 0 Å². The Morgan fingerprint density at radius 3 is 2.12 bits per heavy atom. The van der Waals surface area contributed by atoms with Crippen LogP contribution in [0, 0.1) is 0 Å². The molecule has 2 heteroatoms. The van der Waals surface area contributed by atoms with Crippen molar-refractivity contribution in [3.63, 3.8) is 0 Å². The van der Waals surface area contributed by atoms with E-state index in [2.05, 4.69) is 52.9 Å². The van der Waals surface area contributed by atoms with Gasteiger partial charge >= 0.3 is 0 Å². The lowest BCUT2D eigenvalue weighted by Gasteiger charge is -2.21. The van der Waals surface area contributed by atoms with E-state index < -0.39 is 0 Å². The molecule has 0 aliphatic rings. The van der Waals surface area contributed by atoms with Crippen molar-refractivity contribution in [3.05, 3.63) is 48.0 Å². The van der Waals surface area contributed by atoms with E-state index in [9.17, 15) is 0 Å². The first-order valence-electron chi connectivity index (χ1n) is 6.02. The number of pyridine rings is 1. The summed E-state index contributed by atoms with van der Waals surface area (Å²) in [6, 6.07) is 14.6. The molecule has 1 aromatic heterocycles. The van der Waals surface area contributed by atoms with Gasteiger partial charge < -0.3 is 0 Å². The van der Waals surface area contributed by atoms with Crippen LogP contribution in [0.2, 0.25) is 0 Å². The molecular weight excluding hydrogens is 205 g/mol. The fourth-order valence-corrected chi connectivity index (χ4v) is 2.12. The van der Waals surface area contributed by atoms with Gasteiger partial charge in [0.2, 0.25) is 0 Å². The molecule has 86 valence electrons. The predicted octanol–water partition coefficient (Wildman–Crippen LogP) is 2.30. The van der Waals surface area contributed by atoms with Crippen LogP contribution in [-0.2, 0) is 5.41 Å². The largest absolute Gasteiger partial charge is 0.263 e. The number of nitrogens with zero attached hydrogens (tertiary/aromatic N) is 1. The topological polar surface area (TPSA) is 12.9 Å². The van der Waals surface area contributed by atoms with Gasteiger partial charge in [-0.2, -0.15) is 0 Å². The van der Waals surface area contributed by atoms with E-state index in [4.69, 9.17) is 4.98 Å². The van der Waals surface area contributed by atoms with Crippen LogP contribution in [0.15, 0.2) is 42.5 Å². The highest BCUT2D eigenvalue weighted by Gasteiger charge is 2.16. The molecule has 0 aliphatic carbocycles. The summed E-state index contributed by atoms with van der Waals surface area (Å²) in [5.41, 5.74) is 4.83. The van der Waals surface area contributed by atoms with E-state index in [1.807, 2.05) is 18.2 Å². The summed E-state index contributed by atoms with van der Waals surface area (Å²) in [4.78, 5) is 4.71.